The van der Waals surface area contributed by atoms with Gasteiger partial charge < -0.3 is 5.32 Å². The van der Waals surface area contributed by atoms with Gasteiger partial charge in [0, 0.05) is 24.0 Å². The number of nitrogens with zero attached hydrogens (tertiary/aromatic N) is 2. The normalized spacial score (nSPS) is 18.8. The summed E-state index contributed by atoms with van der Waals surface area (Å²) in [6, 6.07) is 20.0. The predicted octanol–water partition coefficient (Wildman–Crippen LogP) is 5.38. The number of amidine groups is 1. The van der Waals surface area contributed by atoms with E-state index in [4.69, 9.17) is 0 Å². The molecule has 3 nitrogen and oxygen atoms in total. The lowest BCUT2D eigenvalue weighted by Gasteiger charge is -2.25. The molecule has 2 aliphatic rings. The fraction of sp³-hybridized carbons (Fsp3) is 0.350. The Hall–Kier alpha value is -1.20. The standard InChI is InChI=1S/C20H23N3S.2ClH/c1-2-7-16(8-3-1)19-11-6-12-23(19)13-14-24-20-21-15-17-9-4-5-10-18(17)22-20;;/h1-5,7-10,19H,6,11-15H2,(H,21,22);2*1H. The van der Waals surface area contributed by atoms with E-state index in [-0.39, 0.29) is 24.8 Å². The molecule has 2 aliphatic heterocycles. The van der Waals surface area contributed by atoms with Crippen LogP contribution in [0.15, 0.2) is 59.6 Å². The maximum atomic E-state index is 4.66. The Labute approximate surface area is 172 Å². The van der Waals surface area contributed by atoms with Crippen LogP contribution < -0.4 is 5.32 Å². The molecule has 0 radical (unpaired) electrons. The van der Waals surface area contributed by atoms with E-state index in [2.05, 4.69) is 69.8 Å². The number of likely N-dealkylation sites (tertiary alicyclic amines) is 1. The van der Waals surface area contributed by atoms with Crippen LogP contribution in [0.5, 0.6) is 0 Å². The number of nitrogens with one attached hydrogen (secondary N) is 1. The molecule has 0 amide bonds. The third-order valence-electron chi connectivity index (χ3n) is 4.82. The molecule has 0 spiro atoms. The molecule has 2 aromatic rings. The molecule has 2 aromatic carbocycles. The van der Waals surface area contributed by atoms with Crippen LogP contribution in [0.1, 0.15) is 30.0 Å². The average molecular weight is 410 g/mol. The minimum atomic E-state index is 0. The number of benzene rings is 2. The summed E-state index contributed by atoms with van der Waals surface area (Å²) in [4.78, 5) is 7.29. The van der Waals surface area contributed by atoms with Crippen LogP contribution in [0.4, 0.5) is 5.69 Å². The monoisotopic (exact) mass is 409 g/mol. The number of aliphatic imine (C=N–C) groups is 1. The Morgan fingerprint density at radius 1 is 1.04 bits per heavy atom. The van der Waals surface area contributed by atoms with Gasteiger partial charge in [-0.2, -0.15) is 0 Å². The molecule has 2 heterocycles. The third kappa shape index (κ3) is 4.95. The third-order valence-corrected chi connectivity index (χ3v) is 5.71. The second-order valence-corrected chi connectivity index (χ2v) is 7.44. The van der Waals surface area contributed by atoms with E-state index in [1.807, 2.05) is 11.8 Å². The van der Waals surface area contributed by atoms with Crippen LogP contribution >= 0.6 is 36.6 Å². The Balaban J connectivity index is 0.00000121. The maximum Gasteiger partial charge on any atom is 0.161 e. The van der Waals surface area contributed by atoms with Gasteiger partial charge in [-0.15, -0.1) is 24.8 Å². The van der Waals surface area contributed by atoms with Crippen molar-refractivity contribution in [3.63, 3.8) is 0 Å². The van der Waals surface area contributed by atoms with E-state index in [0.29, 0.717) is 6.04 Å². The summed E-state index contributed by atoms with van der Waals surface area (Å²) >= 11 is 1.84. The van der Waals surface area contributed by atoms with Gasteiger partial charge in [0.2, 0.25) is 0 Å². The Kier molecular flexibility index (Phi) is 8.29. The molecule has 0 aromatic heterocycles. The Morgan fingerprint density at radius 3 is 2.65 bits per heavy atom. The van der Waals surface area contributed by atoms with Gasteiger partial charge in [0.25, 0.3) is 0 Å². The molecule has 6 heteroatoms. The first kappa shape index (κ1) is 21.1. The number of anilines is 1. The number of hydrogen-bond acceptors (Lipinski definition) is 4. The summed E-state index contributed by atoms with van der Waals surface area (Å²) < 4.78 is 0. The first-order chi connectivity index (χ1) is 11.9. The highest BCUT2D eigenvalue weighted by Crippen LogP contribution is 2.32. The highest BCUT2D eigenvalue weighted by atomic mass is 35.5. The summed E-state index contributed by atoms with van der Waals surface area (Å²) in [5.41, 5.74) is 3.95. The molecular weight excluding hydrogens is 385 g/mol. The first-order valence-corrected chi connectivity index (χ1v) is 9.70. The summed E-state index contributed by atoms with van der Waals surface area (Å²) in [6.45, 7) is 3.12. The smallest absolute Gasteiger partial charge is 0.161 e. The number of rotatable bonds is 4. The van der Waals surface area contributed by atoms with Crippen molar-refractivity contribution >= 4 is 47.4 Å². The van der Waals surface area contributed by atoms with Crippen molar-refractivity contribution in [2.75, 3.05) is 24.2 Å². The molecule has 0 aliphatic carbocycles. The second-order valence-electron chi connectivity index (χ2n) is 6.36. The summed E-state index contributed by atoms with van der Waals surface area (Å²) in [6.07, 6.45) is 2.58. The van der Waals surface area contributed by atoms with Gasteiger partial charge in [-0.3, -0.25) is 9.89 Å². The van der Waals surface area contributed by atoms with Crippen LogP contribution in [-0.4, -0.2) is 28.9 Å². The summed E-state index contributed by atoms with van der Waals surface area (Å²) in [7, 11) is 0. The number of halogens is 2. The van der Waals surface area contributed by atoms with Crippen LogP contribution in [0.3, 0.4) is 0 Å². The minimum Gasteiger partial charge on any atom is -0.335 e. The van der Waals surface area contributed by atoms with Crippen LogP contribution in [0.2, 0.25) is 0 Å². The van der Waals surface area contributed by atoms with Crippen molar-refractivity contribution in [3.05, 3.63) is 65.7 Å². The van der Waals surface area contributed by atoms with E-state index in [1.54, 1.807) is 0 Å². The van der Waals surface area contributed by atoms with Crippen molar-refractivity contribution in [1.29, 1.82) is 0 Å². The number of thioether (sulfide) groups is 1. The maximum absolute atomic E-state index is 4.66. The lowest BCUT2D eigenvalue weighted by atomic mass is 10.1. The molecule has 1 atom stereocenters. The van der Waals surface area contributed by atoms with E-state index in [1.165, 1.54) is 36.2 Å². The molecule has 140 valence electrons. The largest absolute Gasteiger partial charge is 0.335 e. The molecule has 1 fully saturated rings. The van der Waals surface area contributed by atoms with Crippen LogP contribution in [-0.2, 0) is 6.54 Å². The molecule has 1 N–H and O–H groups in total. The van der Waals surface area contributed by atoms with E-state index < -0.39 is 0 Å². The highest BCUT2D eigenvalue weighted by Gasteiger charge is 2.25. The number of para-hydroxylation sites is 1. The van der Waals surface area contributed by atoms with Crippen LogP contribution in [0, 0.1) is 0 Å². The van der Waals surface area contributed by atoms with Crippen molar-refractivity contribution in [2.45, 2.75) is 25.4 Å². The van der Waals surface area contributed by atoms with Crippen molar-refractivity contribution in [2.24, 2.45) is 4.99 Å². The zero-order valence-electron chi connectivity index (χ0n) is 14.6. The predicted molar refractivity (Wildman–Crippen MR) is 118 cm³/mol. The zero-order chi connectivity index (χ0) is 16.2. The van der Waals surface area contributed by atoms with Gasteiger partial charge in [0.1, 0.15) is 0 Å². The number of fused-ring (bicyclic) bond motifs is 1. The highest BCUT2D eigenvalue weighted by molar-refractivity contribution is 8.14. The zero-order valence-corrected chi connectivity index (χ0v) is 17.1. The topological polar surface area (TPSA) is 27.6 Å². The van der Waals surface area contributed by atoms with Crippen LogP contribution in [0.25, 0.3) is 0 Å². The summed E-state index contributed by atoms with van der Waals surface area (Å²) in [5.74, 6) is 1.08. The van der Waals surface area contributed by atoms with Crippen molar-refractivity contribution < 1.29 is 0 Å². The molecule has 0 saturated carbocycles. The SMILES string of the molecule is Cl.Cl.c1ccc(C2CCCN2CCSC2=NCc3ccccc3N2)cc1. The minimum absolute atomic E-state index is 0. The van der Waals surface area contributed by atoms with E-state index in [0.717, 1.165) is 24.0 Å². The lowest BCUT2D eigenvalue weighted by molar-refractivity contribution is 0.274. The molecule has 1 saturated heterocycles. The fourth-order valence-corrected chi connectivity index (χ4v) is 4.44. The van der Waals surface area contributed by atoms with Gasteiger partial charge in [0.15, 0.2) is 5.17 Å². The molecule has 1 unspecified atom stereocenters. The van der Waals surface area contributed by atoms with Gasteiger partial charge in [-0.1, -0.05) is 60.3 Å². The fourth-order valence-electron chi connectivity index (χ4n) is 3.58. The Morgan fingerprint density at radius 2 is 1.81 bits per heavy atom. The first-order valence-electron chi connectivity index (χ1n) is 8.71. The molecule has 26 heavy (non-hydrogen) atoms. The number of hydrogen-bond donors (Lipinski definition) is 1. The van der Waals surface area contributed by atoms with Gasteiger partial charge in [0.05, 0.1) is 6.54 Å². The average Bonchev–Trinajstić information content (AvgIpc) is 3.11. The molecule has 4 rings (SSSR count). The van der Waals surface area contributed by atoms with Gasteiger partial charge in [-0.05, 0) is 36.6 Å². The van der Waals surface area contributed by atoms with Gasteiger partial charge >= 0.3 is 0 Å². The van der Waals surface area contributed by atoms with E-state index >= 15 is 0 Å². The molecular formula is C20H25Cl2N3S. The second kappa shape index (κ2) is 10.2. The van der Waals surface area contributed by atoms with Crippen molar-refractivity contribution in [1.82, 2.24) is 4.90 Å². The van der Waals surface area contributed by atoms with Gasteiger partial charge in [-0.25, -0.2) is 0 Å². The Bertz CT molecular complexity index is 724. The quantitative estimate of drug-likeness (QED) is 0.733. The van der Waals surface area contributed by atoms with Crippen molar-refractivity contribution in [3.8, 4) is 0 Å². The van der Waals surface area contributed by atoms with E-state index in [9.17, 15) is 0 Å². The molecule has 0 bridgehead atoms. The summed E-state index contributed by atoms with van der Waals surface area (Å²) in [5, 5.41) is 4.52. The lowest BCUT2D eigenvalue weighted by Crippen LogP contribution is -2.26.